The second kappa shape index (κ2) is 5.26. The number of carbonyl (C=O) groups excluding carboxylic acids is 1. The molecule has 1 aromatic heterocycles. The lowest BCUT2D eigenvalue weighted by Crippen LogP contribution is -2.35. The molecule has 4 nitrogen and oxygen atoms in total. The molecule has 0 radical (unpaired) electrons. The quantitative estimate of drug-likeness (QED) is 0.858. The molecule has 3 rings (SSSR count). The lowest BCUT2D eigenvalue weighted by atomic mass is 10.00. The first-order valence-electron chi connectivity index (χ1n) is 7.24. The van der Waals surface area contributed by atoms with Crippen LogP contribution in [0.25, 0.3) is 0 Å². The maximum absolute atomic E-state index is 12.1. The van der Waals surface area contributed by atoms with Gasteiger partial charge in [0.25, 0.3) is 0 Å². The molecule has 2 atom stereocenters. The highest BCUT2D eigenvalue weighted by atomic mass is 16.2. The summed E-state index contributed by atoms with van der Waals surface area (Å²) < 4.78 is 1.42. The van der Waals surface area contributed by atoms with Crippen molar-refractivity contribution in [3.63, 3.8) is 0 Å². The van der Waals surface area contributed by atoms with Crippen LogP contribution in [0.2, 0.25) is 0 Å². The summed E-state index contributed by atoms with van der Waals surface area (Å²) in [5, 5.41) is 12.3. The summed E-state index contributed by atoms with van der Waals surface area (Å²) in [7, 11) is 0. The van der Waals surface area contributed by atoms with Gasteiger partial charge in [-0.25, -0.2) is 0 Å². The van der Waals surface area contributed by atoms with E-state index >= 15 is 0 Å². The number of rotatable bonds is 3. The summed E-state index contributed by atoms with van der Waals surface area (Å²) in [5.41, 5.74) is 3.63. The number of aromatic nitrogens is 1. The van der Waals surface area contributed by atoms with Crippen LogP contribution in [0.4, 0.5) is 0 Å². The van der Waals surface area contributed by atoms with Crippen molar-refractivity contribution < 1.29 is 4.79 Å². The van der Waals surface area contributed by atoms with Gasteiger partial charge >= 0.3 is 0 Å². The highest BCUT2D eigenvalue weighted by molar-refractivity contribution is 5.82. The summed E-state index contributed by atoms with van der Waals surface area (Å²) in [6.45, 7) is 2.60. The van der Waals surface area contributed by atoms with E-state index in [1.807, 2.05) is 6.07 Å². The highest BCUT2D eigenvalue weighted by Gasteiger charge is 2.31. The van der Waals surface area contributed by atoms with Gasteiger partial charge in [-0.05, 0) is 43.7 Å². The fourth-order valence-electron chi connectivity index (χ4n) is 3.44. The van der Waals surface area contributed by atoms with E-state index in [2.05, 4.69) is 12.2 Å². The number of carbonyl (C=O) groups is 1. The van der Waals surface area contributed by atoms with Crippen molar-refractivity contribution in [1.82, 2.24) is 9.88 Å². The average molecular weight is 269 g/mol. The Hall–Kier alpha value is -1.86. The molecule has 0 bridgehead atoms. The van der Waals surface area contributed by atoms with E-state index < -0.39 is 0 Å². The molecule has 0 aromatic carbocycles. The Balaban J connectivity index is 1.55. The van der Waals surface area contributed by atoms with Crippen LogP contribution in [0.1, 0.15) is 43.1 Å². The number of nitrogens with one attached hydrogen (secondary N) is 1. The Labute approximate surface area is 119 Å². The maximum atomic E-state index is 12.1. The molecule has 1 heterocycles. The van der Waals surface area contributed by atoms with Gasteiger partial charge in [0.15, 0.2) is 0 Å². The van der Waals surface area contributed by atoms with Crippen LogP contribution < -0.4 is 5.32 Å². The first-order valence-corrected chi connectivity index (χ1v) is 7.24. The van der Waals surface area contributed by atoms with Gasteiger partial charge in [-0.3, -0.25) is 9.36 Å². The van der Waals surface area contributed by atoms with Crippen LogP contribution in [0, 0.1) is 17.2 Å². The van der Waals surface area contributed by atoms with E-state index in [1.54, 1.807) is 29.5 Å². The normalized spacial score (nSPS) is 24.8. The van der Waals surface area contributed by atoms with Gasteiger partial charge < -0.3 is 5.32 Å². The molecule has 0 saturated carbocycles. The van der Waals surface area contributed by atoms with Gasteiger partial charge in [0.2, 0.25) is 5.91 Å². The minimum Gasteiger partial charge on any atom is -0.305 e. The van der Waals surface area contributed by atoms with Crippen molar-refractivity contribution in [1.29, 1.82) is 5.26 Å². The van der Waals surface area contributed by atoms with Crippen molar-refractivity contribution in [3.05, 3.63) is 35.2 Å². The fraction of sp³-hybridized carbons (Fsp3) is 0.500. The first kappa shape index (κ1) is 13.1. The number of nitrogens with zero attached hydrogens (tertiary/aromatic N) is 2. The molecular weight excluding hydrogens is 250 g/mol. The van der Waals surface area contributed by atoms with Crippen LogP contribution in [0.3, 0.4) is 0 Å². The number of hydrogen-bond acceptors (Lipinski definition) is 3. The molecule has 1 N–H and O–H groups in total. The summed E-state index contributed by atoms with van der Waals surface area (Å²) >= 11 is 0. The van der Waals surface area contributed by atoms with E-state index in [9.17, 15) is 4.79 Å². The molecule has 2 aliphatic rings. The molecule has 4 heteroatoms. The van der Waals surface area contributed by atoms with Gasteiger partial charge in [0.05, 0.1) is 6.54 Å². The minimum absolute atomic E-state index is 0.0633. The van der Waals surface area contributed by atoms with Gasteiger partial charge in [0.1, 0.15) is 11.8 Å². The van der Waals surface area contributed by atoms with Crippen LogP contribution in [-0.2, 0) is 0 Å². The SMILES string of the molecule is C[C@H]1CCC2=C1C[C@@H](NCC(=O)n1cccc1C#N)C2. The van der Waals surface area contributed by atoms with Crippen molar-refractivity contribution >= 4 is 5.91 Å². The van der Waals surface area contributed by atoms with E-state index in [0.29, 0.717) is 18.3 Å². The first-order chi connectivity index (χ1) is 9.69. The smallest absolute Gasteiger partial charge is 0.245 e. The summed E-state index contributed by atoms with van der Waals surface area (Å²) in [5.74, 6) is 0.661. The van der Waals surface area contributed by atoms with Crippen molar-refractivity contribution in [3.8, 4) is 6.07 Å². The Morgan fingerprint density at radius 2 is 2.40 bits per heavy atom. The third-order valence-electron chi connectivity index (χ3n) is 4.56. The molecule has 20 heavy (non-hydrogen) atoms. The van der Waals surface area contributed by atoms with Gasteiger partial charge in [-0.2, -0.15) is 5.26 Å². The fourth-order valence-corrected chi connectivity index (χ4v) is 3.44. The van der Waals surface area contributed by atoms with Crippen molar-refractivity contribution in [2.45, 2.75) is 38.6 Å². The molecule has 0 spiro atoms. The second-order valence-electron chi connectivity index (χ2n) is 5.82. The molecule has 1 aromatic rings. The molecule has 0 saturated heterocycles. The Morgan fingerprint density at radius 1 is 1.55 bits per heavy atom. The zero-order chi connectivity index (χ0) is 14.1. The minimum atomic E-state index is -0.0633. The Morgan fingerprint density at radius 3 is 3.15 bits per heavy atom. The highest BCUT2D eigenvalue weighted by Crippen LogP contribution is 2.42. The lowest BCUT2D eigenvalue weighted by molar-refractivity contribution is 0.0907. The molecular formula is C16H19N3O. The summed E-state index contributed by atoms with van der Waals surface area (Å²) in [6.07, 6.45) is 6.35. The topological polar surface area (TPSA) is 57.8 Å². The summed E-state index contributed by atoms with van der Waals surface area (Å²) in [4.78, 5) is 12.1. The predicted molar refractivity (Wildman–Crippen MR) is 76.2 cm³/mol. The molecule has 0 aliphatic heterocycles. The van der Waals surface area contributed by atoms with E-state index in [1.165, 1.54) is 17.4 Å². The zero-order valence-corrected chi connectivity index (χ0v) is 11.7. The standard InChI is InChI=1S/C16H19N3O/c1-11-4-5-12-7-13(8-15(11)12)18-10-16(20)19-6-2-3-14(19)9-17/h2-3,6,11,13,18H,4-5,7-8,10H2,1H3/t11-,13-/m0/s1. The van der Waals surface area contributed by atoms with Gasteiger partial charge in [-0.1, -0.05) is 18.1 Å². The van der Waals surface area contributed by atoms with Crippen molar-refractivity contribution in [2.75, 3.05) is 6.54 Å². The Kier molecular flexibility index (Phi) is 3.45. The van der Waals surface area contributed by atoms with Crippen LogP contribution in [0.5, 0.6) is 0 Å². The third kappa shape index (κ3) is 2.30. The number of hydrogen-bond donors (Lipinski definition) is 1. The molecule has 2 aliphatic carbocycles. The summed E-state index contributed by atoms with van der Waals surface area (Å²) in [6, 6.07) is 5.81. The zero-order valence-electron chi connectivity index (χ0n) is 11.7. The molecule has 0 unspecified atom stereocenters. The van der Waals surface area contributed by atoms with Gasteiger partial charge in [0, 0.05) is 12.2 Å². The molecule has 0 fully saturated rings. The predicted octanol–water partition coefficient (Wildman–Crippen LogP) is 2.48. The maximum Gasteiger partial charge on any atom is 0.245 e. The van der Waals surface area contributed by atoms with Crippen LogP contribution >= 0.6 is 0 Å². The van der Waals surface area contributed by atoms with E-state index in [0.717, 1.165) is 18.8 Å². The number of nitriles is 1. The largest absolute Gasteiger partial charge is 0.305 e. The average Bonchev–Trinajstić information content (AvgIpc) is 3.13. The molecule has 0 amide bonds. The monoisotopic (exact) mass is 269 g/mol. The van der Waals surface area contributed by atoms with E-state index in [-0.39, 0.29) is 5.91 Å². The van der Waals surface area contributed by atoms with E-state index in [4.69, 9.17) is 5.26 Å². The molecule has 104 valence electrons. The second-order valence-corrected chi connectivity index (χ2v) is 5.82. The van der Waals surface area contributed by atoms with Gasteiger partial charge in [-0.15, -0.1) is 0 Å². The Bertz CT molecular complexity index is 605. The van der Waals surface area contributed by atoms with Crippen LogP contribution in [0.15, 0.2) is 29.5 Å². The van der Waals surface area contributed by atoms with Crippen LogP contribution in [-0.4, -0.2) is 23.1 Å². The van der Waals surface area contributed by atoms with Crippen molar-refractivity contribution in [2.24, 2.45) is 5.92 Å². The lowest BCUT2D eigenvalue weighted by Gasteiger charge is -2.16. The third-order valence-corrected chi connectivity index (χ3v) is 4.56.